The van der Waals surface area contributed by atoms with Gasteiger partial charge in [0.05, 0.1) is 12.2 Å². The van der Waals surface area contributed by atoms with E-state index in [-0.39, 0.29) is 37.3 Å². The van der Waals surface area contributed by atoms with Crippen LogP contribution in [-0.4, -0.2) is 67.9 Å². The van der Waals surface area contributed by atoms with Gasteiger partial charge in [0.2, 0.25) is 11.8 Å². The molecule has 0 aliphatic carbocycles. The molecule has 29 heavy (non-hydrogen) atoms. The van der Waals surface area contributed by atoms with Crippen LogP contribution in [0.3, 0.4) is 0 Å². The molecule has 0 aromatic heterocycles. The summed E-state index contributed by atoms with van der Waals surface area (Å²) in [4.78, 5) is 41.2. The minimum atomic E-state index is -0.443. The maximum atomic E-state index is 12.9. The van der Waals surface area contributed by atoms with E-state index in [2.05, 4.69) is 5.32 Å². The number of amides is 2. The van der Waals surface area contributed by atoms with Crippen molar-refractivity contribution in [3.8, 4) is 0 Å². The molecule has 158 valence electrons. The molecular formula is C22H31N3O4. The van der Waals surface area contributed by atoms with Crippen molar-refractivity contribution in [2.75, 3.05) is 40.3 Å². The molecule has 0 saturated carbocycles. The molecule has 1 aliphatic rings. The van der Waals surface area contributed by atoms with Crippen LogP contribution in [0.4, 0.5) is 0 Å². The summed E-state index contributed by atoms with van der Waals surface area (Å²) in [5.41, 5.74) is 2.91. The predicted molar refractivity (Wildman–Crippen MR) is 111 cm³/mol. The summed E-state index contributed by atoms with van der Waals surface area (Å²) in [5, 5.41) is 2.81. The van der Waals surface area contributed by atoms with Crippen LogP contribution in [0.2, 0.25) is 0 Å². The third-order valence-corrected chi connectivity index (χ3v) is 4.98. The Bertz CT molecular complexity index is 784. The molecule has 0 fully saturated rings. The predicted octanol–water partition coefficient (Wildman–Crippen LogP) is 1.83. The Kier molecular flexibility index (Phi) is 7.96. The highest BCUT2D eigenvalue weighted by Crippen LogP contribution is 2.37. The summed E-state index contributed by atoms with van der Waals surface area (Å²) < 4.78 is 5.27. The second-order valence-electron chi connectivity index (χ2n) is 7.52. The van der Waals surface area contributed by atoms with E-state index in [0.29, 0.717) is 24.4 Å². The highest BCUT2D eigenvalue weighted by atomic mass is 16.5. The van der Waals surface area contributed by atoms with Gasteiger partial charge < -0.3 is 19.9 Å². The molecule has 1 atom stereocenters. The number of allylic oxidation sites excluding steroid dienone is 1. The maximum absolute atomic E-state index is 12.9. The number of hydrogen-bond donors (Lipinski definition) is 1. The smallest absolute Gasteiger partial charge is 0.336 e. The van der Waals surface area contributed by atoms with Crippen LogP contribution in [0.15, 0.2) is 35.5 Å². The number of carbonyl (C=O) groups is 3. The molecule has 2 rings (SSSR count). The van der Waals surface area contributed by atoms with Gasteiger partial charge >= 0.3 is 5.97 Å². The van der Waals surface area contributed by atoms with Gasteiger partial charge in [-0.05, 0) is 40.4 Å². The summed E-state index contributed by atoms with van der Waals surface area (Å²) in [7, 11) is 3.84. The van der Waals surface area contributed by atoms with E-state index >= 15 is 0 Å². The number of nitrogens with one attached hydrogen (secondary N) is 1. The SMILES string of the molecule is CCOC(=O)C1=C(C)N(CC(=O)NCCN(C)C)C(=O)CC1c1ccc(C)cc1. The third-order valence-electron chi connectivity index (χ3n) is 4.98. The first-order valence-electron chi connectivity index (χ1n) is 9.90. The van der Waals surface area contributed by atoms with Crippen LogP contribution in [0, 0.1) is 6.92 Å². The summed E-state index contributed by atoms with van der Waals surface area (Å²) >= 11 is 0. The van der Waals surface area contributed by atoms with E-state index in [1.54, 1.807) is 13.8 Å². The number of benzene rings is 1. The lowest BCUT2D eigenvalue weighted by Crippen LogP contribution is -2.45. The Balaban J connectivity index is 2.29. The number of aryl methyl sites for hydroxylation is 1. The van der Waals surface area contributed by atoms with E-state index in [9.17, 15) is 14.4 Å². The molecule has 1 N–H and O–H groups in total. The van der Waals surface area contributed by atoms with Gasteiger partial charge in [0, 0.05) is 31.1 Å². The minimum absolute atomic E-state index is 0.110. The van der Waals surface area contributed by atoms with Crippen molar-refractivity contribution >= 4 is 17.8 Å². The first-order chi connectivity index (χ1) is 13.7. The quantitative estimate of drug-likeness (QED) is 0.673. The lowest BCUT2D eigenvalue weighted by molar-refractivity contribution is -0.141. The summed E-state index contributed by atoms with van der Waals surface area (Å²) in [6.45, 7) is 6.78. The maximum Gasteiger partial charge on any atom is 0.336 e. The lowest BCUT2D eigenvalue weighted by atomic mass is 9.83. The Labute approximate surface area is 172 Å². The van der Waals surface area contributed by atoms with E-state index in [1.165, 1.54) is 4.90 Å². The Morgan fingerprint density at radius 3 is 2.45 bits per heavy atom. The Hall–Kier alpha value is -2.67. The molecule has 2 amide bonds. The van der Waals surface area contributed by atoms with Crippen LogP contribution in [0.1, 0.15) is 37.3 Å². The molecule has 7 heteroatoms. The largest absolute Gasteiger partial charge is 0.463 e. The van der Waals surface area contributed by atoms with E-state index in [1.807, 2.05) is 50.2 Å². The first kappa shape index (κ1) is 22.6. The van der Waals surface area contributed by atoms with E-state index in [0.717, 1.165) is 11.1 Å². The monoisotopic (exact) mass is 401 g/mol. The highest BCUT2D eigenvalue weighted by Gasteiger charge is 2.37. The fraction of sp³-hybridized carbons (Fsp3) is 0.500. The second kappa shape index (κ2) is 10.2. The van der Waals surface area contributed by atoms with Crippen LogP contribution in [-0.2, 0) is 19.1 Å². The number of nitrogens with zero attached hydrogens (tertiary/aromatic N) is 2. The van der Waals surface area contributed by atoms with Gasteiger partial charge in [0.25, 0.3) is 0 Å². The molecule has 1 aromatic rings. The topological polar surface area (TPSA) is 79.0 Å². The lowest BCUT2D eigenvalue weighted by Gasteiger charge is -2.34. The first-order valence-corrected chi connectivity index (χ1v) is 9.90. The van der Waals surface area contributed by atoms with Gasteiger partial charge in [-0.25, -0.2) is 4.79 Å². The van der Waals surface area contributed by atoms with Crippen LogP contribution in [0.5, 0.6) is 0 Å². The Morgan fingerprint density at radius 1 is 1.21 bits per heavy atom. The molecule has 1 unspecified atom stereocenters. The molecule has 1 aliphatic heterocycles. The molecule has 1 aromatic carbocycles. The summed E-state index contributed by atoms with van der Waals surface area (Å²) in [5.74, 6) is -1.25. The standard InChI is InChI=1S/C22H31N3O4/c1-6-29-22(28)21-16(3)25(14-19(26)23-11-12-24(4)5)20(27)13-18(21)17-9-7-15(2)8-10-17/h7-10,18H,6,11-14H2,1-5H3,(H,23,26). The van der Waals surface area contributed by atoms with Gasteiger partial charge in [-0.2, -0.15) is 0 Å². The average Bonchev–Trinajstić information content (AvgIpc) is 2.65. The molecule has 1 heterocycles. The molecule has 0 radical (unpaired) electrons. The zero-order valence-electron chi connectivity index (χ0n) is 17.9. The number of ether oxygens (including phenoxy) is 1. The van der Waals surface area contributed by atoms with E-state index in [4.69, 9.17) is 4.74 Å². The molecular weight excluding hydrogens is 370 g/mol. The van der Waals surface area contributed by atoms with Crippen molar-refractivity contribution in [2.45, 2.75) is 33.1 Å². The summed E-state index contributed by atoms with van der Waals surface area (Å²) in [6.07, 6.45) is 0.125. The van der Waals surface area contributed by atoms with Crippen molar-refractivity contribution in [2.24, 2.45) is 0 Å². The van der Waals surface area contributed by atoms with Gasteiger partial charge in [-0.3, -0.25) is 9.59 Å². The molecule has 0 spiro atoms. The zero-order valence-corrected chi connectivity index (χ0v) is 17.9. The van der Waals surface area contributed by atoms with Gasteiger partial charge in [0.15, 0.2) is 0 Å². The van der Waals surface area contributed by atoms with E-state index < -0.39 is 5.97 Å². The normalized spacial score (nSPS) is 17.0. The van der Waals surface area contributed by atoms with Crippen molar-refractivity contribution in [1.29, 1.82) is 0 Å². The summed E-state index contributed by atoms with van der Waals surface area (Å²) in [6, 6.07) is 7.79. The second-order valence-corrected chi connectivity index (χ2v) is 7.52. The van der Waals surface area contributed by atoms with Gasteiger partial charge in [0.1, 0.15) is 6.54 Å². The molecule has 7 nitrogen and oxygen atoms in total. The minimum Gasteiger partial charge on any atom is -0.463 e. The van der Waals surface area contributed by atoms with Crippen molar-refractivity contribution < 1.29 is 19.1 Å². The molecule has 0 saturated heterocycles. The van der Waals surface area contributed by atoms with Crippen LogP contribution >= 0.6 is 0 Å². The van der Waals surface area contributed by atoms with Crippen LogP contribution in [0.25, 0.3) is 0 Å². The average molecular weight is 402 g/mol. The number of esters is 1. The number of carbonyl (C=O) groups excluding carboxylic acids is 3. The van der Waals surface area contributed by atoms with Gasteiger partial charge in [-0.15, -0.1) is 0 Å². The fourth-order valence-electron chi connectivity index (χ4n) is 3.38. The fourth-order valence-corrected chi connectivity index (χ4v) is 3.38. The highest BCUT2D eigenvalue weighted by molar-refractivity contribution is 5.97. The Morgan fingerprint density at radius 2 is 1.86 bits per heavy atom. The zero-order chi connectivity index (χ0) is 21.6. The van der Waals surface area contributed by atoms with Gasteiger partial charge in [-0.1, -0.05) is 29.8 Å². The molecule has 0 bridgehead atoms. The third kappa shape index (κ3) is 5.90. The van der Waals surface area contributed by atoms with Crippen LogP contribution < -0.4 is 5.32 Å². The number of hydrogen-bond acceptors (Lipinski definition) is 5. The number of rotatable bonds is 8. The van der Waals surface area contributed by atoms with Crippen molar-refractivity contribution in [3.05, 3.63) is 46.7 Å². The van der Waals surface area contributed by atoms with Crippen molar-refractivity contribution in [3.63, 3.8) is 0 Å². The number of likely N-dealkylation sites (N-methyl/N-ethyl adjacent to an activating group) is 1. The van der Waals surface area contributed by atoms with Crippen molar-refractivity contribution in [1.82, 2.24) is 15.1 Å².